The maximum absolute atomic E-state index is 11.8. The highest BCUT2D eigenvalue weighted by Gasteiger charge is 2.23. The molecule has 1 rings (SSSR count). The highest BCUT2D eigenvalue weighted by atomic mass is 32.1. The van der Waals surface area contributed by atoms with Crippen molar-refractivity contribution in [3.8, 4) is 0 Å². The largest absolute Gasteiger partial charge is 0.456 e. The molecule has 0 aliphatic rings. The van der Waals surface area contributed by atoms with E-state index in [1.807, 2.05) is 0 Å². The molecule has 19 heavy (non-hydrogen) atoms. The van der Waals surface area contributed by atoms with E-state index in [9.17, 15) is 9.59 Å². The number of hydrogen-bond donors (Lipinski definition) is 0. The normalized spacial score (nSPS) is 12.1. The first-order valence-corrected chi connectivity index (χ1v) is 6.86. The van der Waals surface area contributed by atoms with E-state index < -0.39 is 23.1 Å². The molecule has 106 valence electrons. The van der Waals surface area contributed by atoms with Gasteiger partial charge in [-0.05, 0) is 53.7 Å². The molecule has 0 fully saturated rings. The summed E-state index contributed by atoms with van der Waals surface area (Å²) < 4.78 is 10.5. The van der Waals surface area contributed by atoms with Crippen molar-refractivity contribution in [3.63, 3.8) is 0 Å². The topological polar surface area (TPSA) is 52.6 Å². The number of rotatable bonds is 2. The van der Waals surface area contributed by atoms with E-state index >= 15 is 0 Å². The van der Waals surface area contributed by atoms with Gasteiger partial charge in [0.1, 0.15) is 21.0 Å². The van der Waals surface area contributed by atoms with E-state index in [1.165, 1.54) is 0 Å². The summed E-state index contributed by atoms with van der Waals surface area (Å²) in [5, 5.41) is 0. The predicted molar refractivity (Wildman–Crippen MR) is 74.7 cm³/mol. The Morgan fingerprint density at radius 1 is 0.842 bits per heavy atom. The van der Waals surface area contributed by atoms with E-state index in [4.69, 9.17) is 9.47 Å². The zero-order chi connectivity index (χ0) is 14.8. The Morgan fingerprint density at radius 3 is 1.42 bits per heavy atom. The fraction of sp³-hybridized carbons (Fsp3) is 0.571. The van der Waals surface area contributed by atoms with Crippen molar-refractivity contribution in [3.05, 3.63) is 21.9 Å². The van der Waals surface area contributed by atoms with Gasteiger partial charge < -0.3 is 9.47 Å². The van der Waals surface area contributed by atoms with Crippen molar-refractivity contribution in [2.24, 2.45) is 0 Å². The SMILES string of the molecule is CC(C)(C)OC(=O)c1ccc(C(=O)OC(C)(C)C)s1. The Labute approximate surface area is 117 Å². The molecule has 1 aromatic heterocycles. The van der Waals surface area contributed by atoms with Crippen molar-refractivity contribution in [2.45, 2.75) is 52.7 Å². The van der Waals surface area contributed by atoms with Crippen LogP contribution in [0, 0.1) is 0 Å². The molecule has 0 saturated heterocycles. The van der Waals surface area contributed by atoms with Crippen molar-refractivity contribution in [1.29, 1.82) is 0 Å². The van der Waals surface area contributed by atoms with Crippen LogP contribution in [0.5, 0.6) is 0 Å². The number of esters is 2. The molecule has 0 aliphatic heterocycles. The average molecular weight is 284 g/mol. The van der Waals surface area contributed by atoms with Gasteiger partial charge >= 0.3 is 11.9 Å². The standard InChI is InChI=1S/C14H20O4S/c1-13(2,3)17-11(15)9-7-8-10(19-9)12(16)18-14(4,5)6/h7-8H,1-6H3. The number of carbonyl (C=O) groups is 2. The molecule has 0 spiro atoms. The summed E-state index contributed by atoms with van der Waals surface area (Å²) >= 11 is 1.08. The van der Waals surface area contributed by atoms with Gasteiger partial charge in [-0.2, -0.15) is 0 Å². The summed E-state index contributed by atoms with van der Waals surface area (Å²) in [6.45, 7) is 10.8. The first-order chi connectivity index (χ1) is 8.48. The highest BCUT2D eigenvalue weighted by Crippen LogP contribution is 2.22. The molecule has 0 aliphatic carbocycles. The molecule has 0 radical (unpaired) electrons. The minimum Gasteiger partial charge on any atom is -0.456 e. The lowest BCUT2D eigenvalue weighted by atomic mass is 10.2. The minimum atomic E-state index is -0.548. The molecule has 0 unspecified atom stereocenters. The van der Waals surface area contributed by atoms with Crippen LogP contribution in [-0.2, 0) is 9.47 Å². The zero-order valence-corrected chi connectivity index (χ0v) is 13.0. The van der Waals surface area contributed by atoms with Crippen LogP contribution in [0.3, 0.4) is 0 Å². The van der Waals surface area contributed by atoms with Crippen LogP contribution in [0.15, 0.2) is 12.1 Å². The third kappa shape index (κ3) is 5.42. The van der Waals surface area contributed by atoms with Crippen LogP contribution in [-0.4, -0.2) is 23.1 Å². The summed E-state index contributed by atoms with van der Waals surface area (Å²) in [7, 11) is 0. The van der Waals surface area contributed by atoms with Crippen LogP contribution in [0.25, 0.3) is 0 Å². The number of thiophene rings is 1. The zero-order valence-electron chi connectivity index (χ0n) is 12.2. The first kappa shape index (κ1) is 15.7. The molecule has 1 aromatic rings. The fourth-order valence-electron chi connectivity index (χ4n) is 1.21. The molecular weight excluding hydrogens is 264 g/mol. The van der Waals surface area contributed by atoms with E-state index in [0.717, 1.165) is 11.3 Å². The molecule has 5 heteroatoms. The van der Waals surface area contributed by atoms with Crippen LogP contribution < -0.4 is 0 Å². The second kappa shape index (κ2) is 5.33. The lowest BCUT2D eigenvalue weighted by Gasteiger charge is -2.19. The highest BCUT2D eigenvalue weighted by molar-refractivity contribution is 7.15. The molecule has 1 heterocycles. The van der Waals surface area contributed by atoms with E-state index in [-0.39, 0.29) is 0 Å². The van der Waals surface area contributed by atoms with Crippen molar-refractivity contribution < 1.29 is 19.1 Å². The smallest absolute Gasteiger partial charge is 0.348 e. The minimum absolute atomic E-state index is 0.399. The predicted octanol–water partition coefficient (Wildman–Crippen LogP) is 3.66. The third-order valence-electron chi connectivity index (χ3n) is 1.81. The second-order valence-corrected chi connectivity index (χ2v) is 7.25. The van der Waals surface area contributed by atoms with Gasteiger partial charge in [0, 0.05) is 0 Å². The molecule has 0 amide bonds. The molecule has 0 atom stereocenters. The summed E-state index contributed by atoms with van der Waals surface area (Å²) in [6.07, 6.45) is 0. The Balaban J connectivity index is 2.77. The van der Waals surface area contributed by atoms with Gasteiger partial charge in [0.25, 0.3) is 0 Å². The average Bonchev–Trinajstić information content (AvgIpc) is 2.60. The van der Waals surface area contributed by atoms with Crippen LogP contribution in [0.4, 0.5) is 0 Å². The van der Waals surface area contributed by atoms with Gasteiger partial charge in [-0.3, -0.25) is 0 Å². The number of ether oxygens (including phenoxy) is 2. The quantitative estimate of drug-likeness (QED) is 0.778. The first-order valence-electron chi connectivity index (χ1n) is 6.04. The van der Waals surface area contributed by atoms with Crippen molar-refractivity contribution in [1.82, 2.24) is 0 Å². The summed E-state index contributed by atoms with van der Waals surface area (Å²) in [4.78, 5) is 24.4. The number of hydrogen-bond acceptors (Lipinski definition) is 5. The van der Waals surface area contributed by atoms with Gasteiger partial charge in [0.2, 0.25) is 0 Å². The summed E-state index contributed by atoms with van der Waals surface area (Å²) in [5.41, 5.74) is -1.10. The van der Waals surface area contributed by atoms with Gasteiger partial charge in [0.05, 0.1) is 0 Å². The van der Waals surface area contributed by atoms with Gasteiger partial charge in [-0.1, -0.05) is 0 Å². The van der Waals surface area contributed by atoms with Crippen LogP contribution >= 0.6 is 11.3 Å². The summed E-state index contributed by atoms with van der Waals surface area (Å²) in [6, 6.07) is 3.16. The Hall–Kier alpha value is -1.36. The van der Waals surface area contributed by atoms with Gasteiger partial charge in [-0.25, -0.2) is 9.59 Å². The fourth-order valence-corrected chi connectivity index (χ4v) is 1.97. The molecule has 4 nitrogen and oxygen atoms in total. The Bertz CT molecular complexity index is 432. The lowest BCUT2D eigenvalue weighted by Crippen LogP contribution is -2.23. The van der Waals surface area contributed by atoms with E-state index in [1.54, 1.807) is 53.7 Å². The molecule has 0 N–H and O–H groups in total. The van der Waals surface area contributed by atoms with Crippen molar-refractivity contribution >= 4 is 23.3 Å². The lowest BCUT2D eigenvalue weighted by molar-refractivity contribution is 0.00648. The molecule has 0 saturated carbocycles. The number of carbonyl (C=O) groups excluding carboxylic acids is 2. The van der Waals surface area contributed by atoms with Gasteiger partial charge in [-0.15, -0.1) is 11.3 Å². The molecular formula is C14H20O4S. The monoisotopic (exact) mass is 284 g/mol. The van der Waals surface area contributed by atoms with Crippen LogP contribution in [0.2, 0.25) is 0 Å². The van der Waals surface area contributed by atoms with Crippen LogP contribution in [0.1, 0.15) is 60.9 Å². The molecule has 0 aromatic carbocycles. The van der Waals surface area contributed by atoms with E-state index in [0.29, 0.717) is 9.75 Å². The Kier molecular flexibility index (Phi) is 4.40. The van der Waals surface area contributed by atoms with Gasteiger partial charge in [0.15, 0.2) is 0 Å². The van der Waals surface area contributed by atoms with Crippen molar-refractivity contribution in [2.75, 3.05) is 0 Å². The second-order valence-electron chi connectivity index (χ2n) is 6.17. The maximum Gasteiger partial charge on any atom is 0.348 e. The summed E-state index contributed by atoms with van der Waals surface area (Å²) in [5.74, 6) is -0.848. The van der Waals surface area contributed by atoms with E-state index in [2.05, 4.69) is 0 Å². The third-order valence-corrected chi connectivity index (χ3v) is 2.85. The Morgan fingerprint density at radius 2 is 1.16 bits per heavy atom. The molecule has 0 bridgehead atoms. The maximum atomic E-state index is 11.8.